The van der Waals surface area contributed by atoms with Gasteiger partial charge in [0.1, 0.15) is 0 Å². The molecule has 6 rings (SSSR count). The Kier molecular flexibility index (Phi) is 6.94. The van der Waals surface area contributed by atoms with Crippen LogP contribution in [0.1, 0.15) is 135 Å². The van der Waals surface area contributed by atoms with Gasteiger partial charge in [-0.25, -0.2) is 0 Å². The van der Waals surface area contributed by atoms with Crippen LogP contribution in [0.3, 0.4) is 0 Å². The van der Waals surface area contributed by atoms with Crippen LogP contribution in [0.5, 0.6) is 0 Å². The van der Waals surface area contributed by atoms with Gasteiger partial charge in [-0.3, -0.25) is 4.90 Å². The molecular formula is C31H53N. The van der Waals surface area contributed by atoms with Crippen molar-refractivity contribution in [1.29, 1.82) is 0 Å². The van der Waals surface area contributed by atoms with E-state index in [1.165, 1.54) is 70.6 Å². The third-order valence-corrected chi connectivity index (χ3v) is 12.1. The average Bonchev–Trinajstić information content (AvgIpc) is 2.85. The molecule has 0 aliphatic heterocycles. The maximum Gasteiger partial charge on any atom is 0.0132 e. The molecule has 7 unspecified atom stereocenters. The second-order valence-corrected chi connectivity index (χ2v) is 13.5. The predicted octanol–water partition coefficient (Wildman–Crippen LogP) is 8.61. The van der Waals surface area contributed by atoms with Gasteiger partial charge in [0.25, 0.3) is 0 Å². The first-order valence-electron chi connectivity index (χ1n) is 15.6. The lowest BCUT2D eigenvalue weighted by Crippen LogP contribution is -2.61. The minimum atomic E-state index is 0.941. The summed E-state index contributed by atoms with van der Waals surface area (Å²) in [7, 11) is 0. The van der Waals surface area contributed by atoms with Crippen LogP contribution in [0.4, 0.5) is 0 Å². The molecule has 7 atom stereocenters. The smallest absolute Gasteiger partial charge is 0.0132 e. The Morgan fingerprint density at radius 1 is 0.531 bits per heavy atom. The van der Waals surface area contributed by atoms with Crippen LogP contribution in [-0.4, -0.2) is 23.0 Å². The maximum absolute atomic E-state index is 3.31. The summed E-state index contributed by atoms with van der Waals surface area (Å²) in [4.78, 5) is 3.31. The quantitative estimate of drug-likeness (QED) is 0.414. The zero-order valence-corrected chi connectivity index (χ0v) is 21.4. The van der Waals surface area contributed by atoms with E-state index in [-0.39, 0.29) is 0 Å². The van der Waals surface area contributed by atoms with Crippen molar-refractivity contribution in [2.75, 3.05) is 0 Å². The highest BCUT2D eigenvalue weighted by atomic mass is 15.2. The van der Waals surface area contributed by atoms with Gasteiger partial charge in [0.2, 0.25) is 0 Å². The molecule has 182 valence electrons. The van der Waals surface area contributed by atoms with Crippen molar-refractivity contribution in [2.45, 2.75) is 153 Å². The minimum Gasteiger partial charge on any atom is -0.294 e. The van der Waals surface area contributed by atoms with Crippen LogP contribution < -0.4 is 0 Å². The van der Waals surface area contributed by atoms with Gasteiger partial charge in [-0.15, -0.1) is 0 Å². The first kappa shape index (κ1) is 22.4. The molecule has 0 saturated heterocycles. The van der Waals surface area contributed by atoms with E-state index in [1.807, 2.05) is 0 Å². The van der Waals surface area contributed by atoms with Gasteiger partial charge in [-0.05, 0) is 118 Å². The molecular weight excluding hydrogens is 386 g/mol. The molecule has 0 aromatic rings. The van der Waals surface area contributed by atoms with Crippen LogP contribution in [-0.2, 0) is 0 Å². The molecule has 6 aliphatic rings. The molecule has 6 fully saturated rings. The van der Waals surface area contributed by atoms with E-state index in [9.17, 15) is 0 Å². The van der Waals surface area contributed by atoms with Crippen LogP contribution in [0.15, 0.2) is 0 Å². The Balaban J connectivity index is 1.25. The summed E-state index contributed by atoms with van der Waals surface area (Å²) in [5.74, 6) is 7.79. The fourth-order valence-corrected chi connectivity index (χ4v) is 11.0. The molecule has 0 bridgehead atoms. The van der Waals surface area contributed by atoms with Crippen molar-refractivity contribution in [3.63, 3.8) is 0 Å². The van der Waals surface area contributed by atoms with Gasteiger partial charge < -0.3 is 0 Å². The molecule has 6 saturated carbocycles. The zero-order valence-electron chi connectivity index (χ0n) is 21.4. The van der Waals surface area contributed by atoms with Crippen LogP contribution in [0.25, 0.3) is 0 Å². The summed E-state index contributed by atoms with van der Waals surface area (Å²) in [6.07, 6.45) is 31.0. The molecule has 0 aromatic carbocycles. The van der Waals surface area contributed by atoms with Crippen molar-refractivity contribution in [3.05, 3.63) is 0 Å². The predicted molar refractivity (Wildman–Crippen MR) is 136 cm³/mol. The molecule has 1 heteroatoms. The Labute approximate surface area is 199 Å². The summed E-state index contributed by atoms with van der Waals surface area (Å²) in [6, 6.07) is 2.85. The van der Waals surface area contributed by atoms with E-state index in [0.29, 0.717) is 0 Å². The lowest BCUT2D eigenvalue weighted by atomic mass is 9.47. The molecule has 0 amide bonds. The second kappa shape index (κ2) is 9.91. The van der Waals surface area contributed by atoms with E-state index in [2.05, 4.69) is 11.8 Å². The number of hydrogen-bond donors (Lipinski definition) is 0. The van der Waals surface area contributed by atoms with E-state index < -0.39 is 0 Å². The van der Waals surface area contributed by atoms with E-state index in [1.54, 1.807) is 57.8 Å². The van der Waals surface area contributed by atoms with E-state index >= 15 is 0 Å². The van der Waals surface area contributed by atoms with Gasteiger partial charge in [0.05, 0.1) is 0 Å². The van der Waals surface area contributed by atoms with Gasteiger partial charge in [0.15, 0.2) is 0 Å². The topological polar surface area (TPSA) is 3.24 Å². The highest BCUT2D eigenvalue weighted by molar-refractivity contribution is 5.06. The highest BCUT2D eigenvalue weighted by Gasteiger charge is 2.55. The van der Waals surface area contributed by atoms with Crippen molar-refractivity contribution < 1.29 is 0 Å². The largest absolute Gasteiger partial charge is 0.294 e. The molecule has 6 aliphatic carbocycles. The Morgan fingerprint density at radius 2 is 1.16 bits per heavy atom. The van der Waals surface area contributed by atoms with E-state index in [0.717, 1.165) is 59.6 Å². The lowest BCUT2D eigenvalue weighted by Gasteiger charge is -2.62. The van der Waals surface area contributed by atoms with Gasteiger partial charge in [-0.1, -0.05) is 58.3 Å². The minimum absolute atomic E-state index is 0.941. The standard InChI is InChI=1S/C31H53N/c1-2-7-22-12-18-27(19-13-22)32(26-10-4-3-5-11-26)29-21-17-25-15-14-23-8-6-9-24-16-20-28(29)31(25)30(23)24/h22-31H,2-21H2,1H3. The Bertz CT molecular complexity index is 594. The molecule has 0 spiro atoms. The van der Waals surface area contributed by atoms with Crippen molar-refractivity contribution in [3.8, 4) is 0 Å². The lowest BCUT2D eigenvalue weighted by molar-refractivity contribution is -0.123. The number of hydrogen-bond acceptors (Lipinski definition) is 1. The summed E-state index contributed by atoms with van der Waals surface area (Å²) in [5.41, 5.74) is 0. The SMILES string of the molecule is CCCC1CCC(N(C2CCCCC2)C2CCC3CCC4CCCC5CCC2C3C45)CC1. The molecule has 0 radical (unpaired) electrons. The Morgan fingerprint density at radius 3 is 1.88 bits per heavy atom. The van der Waals surface area contributed by atoms with Gasteiger partial charge in [0, 0.05) is 18.1 Å². The second-order valence-electron chi connectivity index (χ2n) is 13.5. The van der Waals surface area contributed by atoms with E-state index in [4.69, 9.17) is 0 Å². The van der Waals surface area contributed by atoms with Crippen molar-refractivity contribution in [2.24, 2.45) is 41.4 Å². The van der Waals surface area contributed by atoms with Gasteiger partial charge in [-0.2, -0.15) is 0 Å². The van der Waals surface area contributed by atoms with Crippen LogP contribution in [0.2, 0.25) is 0 Å². The Hall–Kier alpha value is -0.0400. The van der Waals surface area contributed by atoms with Crippen molar-refractivity contribution >= 4 is 0 Å². The van der Waals surface area contributed by atoms with Crippen LogP contribution in [0, 0.1) is 41.4 Å². The normalized spacial score (nSPS) is 47.2. The van der Waals surface area contributed by atoms with Crippen molar-refractivity contribution in [1.82, 2.24) is 4.90 Å². The third-order valence-electron chi connectivity index (χ3n) is 12.1. The molecule has 0 heterocycles. The summed E-state index contributed by atoms with van der Waals surface area (Å²) >= 11 is 0. The highest BCUT2D eigenvalue weighted by Crippen LogP contribution is 2.61. The maximum atomic E-state index is 3.31. The number of rotatable bonds is 5. The van der Waals surface area contributed by atoms with Gasteiger partial charge >= 0.3 is 0 Å². The zero-order chi connectivity index (χ0) is 21.5. The number of nitrogens with zero attached hydrogens (tertiary/aromatic N) is 1. The average molecular weight is 440 g/mol. The summed E-state index contributed by atoms with van der Waals surface area (Å²) < 4.78 is 0. The molecule has 1 nitrogen and oxygen atoms in total. The first-order valence-corrected chi connectivity index (χ1v) is 15.6. The molecule has 0 aromatic heterocycles. The molecule has 0 N–H and O–H groups in total. The van der Waals surface area contributed by atoms with Crippen LogP contribution >= 0.6 is 0 Å². The fraction of sp³-hybridized carbons (Fsp3) is 1.00. The monoisotopic (exact) mass is 439 g/mol. The molecule has 32 heavy (non-hydrogen) atoms. The summed E-state index contributed by atoms with van der Waals surface area (Å²) in [5, 5.41) is 0. The third kappa shape index (κ3) is 4.13. The summed E-state index contributed by atoms with van der Waals surface area (Å²) in [6.45, 7) is 2.40. The first-order chi connectivity index (χ1) is 15.8. The fourth-order valence-electron chi connectivity index (χ4n) is 11.0.